The molecule has 88 valence electrons. The number of halogens is 2. The summed E-state index contributed by atoms with van der Waals surface area (Å²) in [6, 6.07) is 7.72. The van der Waals surface area contributed by atoms with Crippen molar-refractivity contribution in [1.82, 2.24) is 0 Å². The van der Waals surface area contributed by atoms with Crippen LogP contribution in [0.1, 0.15) is 17.5 Å². The third-order valence-electron chi connectivity index (χ3n) is 2.88. The summed E-state index contributed by atoms with van der Waals surface area (Å²) in [7, 11) is 0. The molecule has 0 aliphatic heterocycles. The maximum atomic E-state index is 10.5. The molecule has 3 heteroatoms. The number of hydrogen-bond donors (Lipinski definition) is 0. The Bertz CT molecular complexity index is 576. The molecule has 0 bridgehead atoms. The summed E-state index contributed by atoms with van der Waals surface area (Å²) in [5, 5.41) is 3.58. The Labute approximate surface area is 110 Å². The van der Waals surface area contributed by atoms with Crippen molar-refractivity contribution in [3.05, 3.63) is 45.4 Å². The molecule has 0 saturated heterocycles. The van der Waals surface area contributed by atoms with Crippen LogP contribution in [0.3, 0.4) is 0 Å². The van der Waals surface area contributed by atoms with E-state index >= 15 is 0 Å². The number of fused-ring (bicyclic) bond motifs is 1. The Kier molecular flexibility index (Phi) is 3.70. The van der Waals surface area contributed by atoms with E-state index in [1.54, 1.807) is 0 Å². The molecule has 17 heavy (non-hydrogen) atoms. The van der Waals surface area contributed by atoms with E-state index in [9.17, 15) is 4.79 Å². The van der Waals surface area contributed by atoms with Crippen LogP contribution < -0.4 is 0 Å². The molecule has 0 atom stereocenters. The van der Waals surface area contributed by atoms with Gasteiger partial charge in [-0.2, -0.15) is 0 Å². The van der Waals surface area contributed by atoms with E-state index in [1.807, 2.05) is 31.2 Å². The Balaban J connectivity index is 2.70. The Morgan fingerprint density at radius 3 is 2.65 bits per heavy atom. The molecule has 0 fully saturated rings. The van der Waals surface area contributed by atoms with Gasteiger partial charge in [0, 0.05) is 16.5 Å². The van der Waals surface area contributed by atoms with E-state index in [0.717, 1.165) is 28.2 Å². The maximum Gasteiger partial charge on any atom is 0.120 e. The lowest BCUT2D eigenvalue weighted by Gasteiger charge is -2.11. The number of rotatable bonds is 3. The van der Waals surface area contributed by atoms with Gasteiger partial charge in [0.1, 0.15) is 6.29 Å². The Hall–Kier alpha value is -1.05. The average molecular weight is 267 g/mol. The summed E-state index contributed by atoms with van der Waals surface area (Å²) in [4.78, 5) is 10.5. The van der Waals surface area contributed by atoms with E-state index in [0.29, 0.717) is 22.9 Å². The highest BCUT2D eigenvalue weighted by Gasteiger charge is 2.09. The average Bonchev–Trinajstić information content (AvgIpc) is 2.28. The van der Waals surface area contributed by atoms with Gasteiger partial charge in [-0.15, -0.1) is 0 Å². The SMILES string of the molecule is Cc1cc(Cl)c(CCC=O)c2cc(Cl)ccc12. The lowest BCUT2D eigenvalue weighted by Crippen LogP contribution is -1.92. The van der Waals surface area contributed by atoms with E-state index in [1.165, 1.54) is 0 Å². The van der Waals surface area contributed by atoms with Gasteiger partial charge in [0.05, 0.1) is 0 Å². The Morgan fingerprint density at radius 1 is 1.18 bits per heavy atom. The van der Waals surface area contributed by atoms with Gasteiger partial charge in [0.15, 0.2) is 0 Å². The zero-order chi connectivity index (χ0) is 12.4. The van der Waals surface area contributed by atoms with Crippen molar-refractivity contribution >= 4 is 40.3 Å². The molecule has 0 aromatic heterocycles. The molecule has 0 saturated carbocycles. The molecule has 2 aromatic rings. The van der Waals surface area contributed by atoms with Crippen LogP contribution in [0.5, 0.6) is 0 Å². The fraction of sp³-hybridized carbons (Fsp3) is 0.214. The quantitative estimate of drug-likeness (QED) is 0.743. The molecule has 0 spiro atoms. The van der Waals surface area contributed by atoms with Crippen molar-refractivity contribution in [2.24, 2.45) is 0 Å². The first-order valence-electron chi connectivity index (χ1n) is 5.44. The minimum absolute atomic E-state index is 0.477. The smallest absolute Gasteiger partial charge is 0.120 e. The number of aryl methyl sites for hydroxylation is 2. The van der Waals surface area contributed by atoms with Gasteiger partial charge in [-0.05, 0) is 53.4 Å². The van der Waals surface area contributed by atoms with Crippen LogP contribution >= 0.6 is 23.2 Å². The van der Waals surface area contributed by atoms with Crippen LogP contribution in [0.15, 0.2) is 24.3 Å². The topological polar surface area (TPSA) is 17.1 Å². The summed E-state index contributed by atoms with van der Waals surface area (Å²) in [5.41, 5.74) is 2.12. The first-order chi connectivity index (χ1) is 8.13. The maximum absolute atomic E-state index is 10.5. The number of benzene rings is 2. The summed E-state index contributed by atoms with van der Waals surface area (Å²) in [5.74, 6) is 0. The Morgan fingerprint density at radius 2 is 1.94 bits per heavy atom. The first-order valence-corrected chi connectivity index (χ1v) is 6.20. The van der Waals surface area contributed by atoms with Crippen molar-refractivity contribution in [3.8, 4) is 0 Å². The zero-order valence-corrected chi connectivity index (χ0v) is 11.0. The van der Waals surface area contributed by atoms with Crippen molar-refractivity contribution in [2.75, 3.05) is 0 Å². The highest BCUT2D eigenvalue weighted by atomic mass is 35.5. The molecule has 0 amide bonds. The summed E-state index contributed by atoms with van der Waals surface area (Å²) in [6.45, 7) is 2.02. The van der Waals surface area contributed by atoms with E-state index in [-0.39, 0.29) is 0 Å². The van der Waals surface area contributed by atoms with Crippen LogP contribution in [-0.4, -0.2) is 6.29 Å². The van der Waals surface area contributed by atoms with Crippen LogP contribution in [-0.2, 0) is 11.2 Å². The van der Waals surface area contributed by atoms with Crippen molar-refractivity contribution in [2.45, 2.75) is 19.8 Å². The first kappa shape index (κ1) is 12.4. The second kappa shape index (κ2) is 5.07. The number of carbonyl (C=O) groups is 1. The molecule has 2 aromatic carbocycles. The lowest BCUT2D eigenvalue weighted by molar-refractivity contribution is -0.107. The molecule has 0 N–H and O–H groups in total. The molecule has 0 heterocycles. The normalized spacial score (nSPS) is 10.8. The van der Waals surface area contributed by atoms with Crippen LogP contribution in [0.25, 0.3) is 10.8 Å². The molecule has 0 aliphatic carbocycles. The molecular formula is C14H12Cl2O. The minimum Gasteiger partial charge on any atom is -0.303 e. The highest BCUT2D eigenvalue weighted by Crippen LogP contribution is 2.31. The highest BCUT2D eigenvalue weighted by molar-refractivity contribution is 6.33. The minimum atomic E-state index is 0.477. The molecular weight excluding hydrogens is 255 g/mol. The third kappa shape index (κ3) is 2.46. The molecule has 0 unspecified atom stereocenters. The van der Waals surface area contributed by atoms with Gasteiger partial charge >= 0.3 is 0 Å². The van der Waals surface area contributed by atoms with Gasteiger partial charge in [0.25, 0.3) is 0 Å². The fourth-order valence-corrected chi connectivity index (χ4v) is 2.58. The lowest BCUT2D eigenvalue weighted by atomic mass is 9.97. The van der Waals surface area contributed by atoms with Gasteiger partial charge < -0.3 is 4.79 Å². The van der Waals surface area contributed by atoms with Gasteiger partial charge in [0.2, 0.25) is 0 Å². The van der Waals surface area contributed by atoms with Crippen molar-refractivity contribution in [1.29, 1.82) is 0 Å². The van der Waals surface area contributed by atoms with E-state index in [2.05, 4.69) is 0 Å². The molecule has 0 radical (unpaired) electrons. The van der Waals surface area contributed by atoms with E-state index in [4.69, 9.17) is 23.2 Å². The number of aldehydes is 1. The molecule has 0 aliphatic rings. The van der Waals surface area contributed by atoms with Crippen molar-refractivity contribution < 1.29 is 4.79 Å². The largest absolute Gasteiger partial charge is 0.303 e. The predicted molar refractivity (Wildman–Crippen MR) is 73.1 cm³/mol. The molecule has 2 rings (SSSR count). The fourth-order valence-electron chi connectivity index (χ4n) is 2.05. The van der Waals surface area contributed by atoms with E-state index < -0.39 is 0 Å². The predicted octanol–water partition coefficient (Wildman–Crippen LogP) is 4.59. The second-order valence-corrected chi connectivity index (χ2v) is 4.89. The van der Waals surface area contributed by atoms with Gasteiger partial charge in [-0.25, -0.2) is 0 Å². The summed E-state index contributed by atoms with van der Waals surface area (Å²) in [6.07, 6.45) is 2.04. The van der Waals surface area contributed by atoms with Gasteiger partial charge in [-0.1, -0.05) is 29.3 Å². The second-order valence-electron chi connectivity index (χ2n) is 4.05. The van der Waals surface area contributed by atoms with Crippen LogP contribution in [0.4, 0.5) is 0 Å². The standard InChI is InChI=1S/C14H12Cl2O/c1-9-7-14(16)12(3-2-6-17)13-8-10(15)4-5-11(9)13/h4-8H,2-3H2,1H3. The number of hydrogen-bond acceptors (Lipinski definition) is 1. The summed E-state index contributed by atoms with van der Waals surface area (Å²) >= 11 is 12.3. The van der Waals surface area contributed by atoms with Gasteiger partial charge in [-0.3, -0.25) is 0 Å². The zero-order valence-electron chi connectivity index (χ0n) is 9.47. The third-order valence-corrected chi connectivity index (χ3v) is 3.45. The van der Waals surface area contributed by atoms with Crippen LogP contribution in [0, 0.1) is 6.92 Å². The van der Waals surface area contributed by atoms with Crippen LogP contribution in [0.2, 0.25) is 10.0 Å². The molecule has 1 nitrogen and oxygen atoms in total. The monoisotopic (exact) mass is 266 g/mol. The number of carbonyl (C=O) groups excluding carboxylic acids is 1. The summed E-state index contributed by atoms with van der Waals surface area (Å²) < 4.78 is 0. The van der Waals surface area contributed by atoms with Crippen molar-refractivity contribution in [3.63, 3.8) is 0 Å².